The maximum atomic E-state index is 13.0. The van der Waals surface area contributed by atoms with Gasteiger partial charge in [0.05, 0.1) is 16.2 Å². The Morgan fingerprint density at radius 1 is 0.917 bits per heavy atom. The molecule has 2 heterocycles. The first-order valence-corrected chi connectivity index (χ1v) is 8.99. The zero-order valence-corrected chi connectivity index (χ0v) is 14.1. The maximum absolute atomic E-state index is 13.0. The van der Waals surface area contributed by atoms with Crippen LogP contribution in [-0.2, 0) is 0 Å². The number of nitrogens with zero attached hydrogens (tertiary/aromatic N) is 3. The fraction of sp³-hybridized carbons (Fsp3) is 0.611. The van der Waals surface area contributed by atoms with Gasteiger partial charge in [0.15, 0.2) is 0 Å². The van der Waals surface area contributed by atoms with Gasteiger partial charge in [-0.05, 0) is 38.2 Å². The molecule has 2 fully saturated rings. The zero-order chi connectivity index (χ0) is 16.9. The molecule has 0 N–H and O–H groups in total. The third kappa shape index (κ3) is 3.68. The van der Waals surface area contributed by atoms with Crippen LogP contribution in [0.4, 0.5) is 11.4 Å². The second kappa shape index (κ2) is 7.64. The van der Waals surface area contributed by atoms with E-state index in [1.165, 1.54) is 25.0 Å². The average molecular weight is 331 g/mol. The summed E-state index contributed by atoms with van der Waals surface area (Å²) in [6.07, 6.45) is 7.80. The van der Waals surface area contributed by atoms with Gasteiger partial charge in [-0.25, -0.2) is 0 Å². The molecule has 0 spiro atoms. The van der Waals surface area contributed by atoms with Gasteiger partial charge in [0.2, 0.25) is 0 Å². The Morgan fingerprint density at radius 2 is 1.50 bits per heavy atom. The number of amides is 1. The summed E-state index contributed by atoms with van der Waals surface area (Å²) in [7, 11) is 0. The average Bonchev–Trinajstić information content (AvgIpc) is 2.90. The second-order valence-corrected chi connectivity index (χ2v) is 6.71. The smallest absolute Gasteiger partial charge is 0.270 e. The predicted octanol–water partition coefficient (Wildman–Crippen LogP) is 3.60. The lowest BCUT2D eigenvalue weighted by molar-refractivity contribution is -0.384. The number of carbonyl (C=O) groups is 1. The van der Waals surface area contributed by atoms with Crippen molar-refractivity contribution in [1.82, 2.24) is 4.90 Å². The van der Waals surface area contributed by atoms with Crippen molar-refractivity contribution in [2.24, 2.45) is 0 Å². The third-order valence-corrected chi connectivity index (χ3v) is 5.01. The van der Waals surface area contributed by atoms with Crippen LogP contribution in [0.25, 0.3) is 0 Å². The first-order chi connectivity index (χ1) is 11.7. The number of nitro benzene ring substituents is 1. The number of carbonyl (C=O) groups excluding carboxylic acids is 1. The number of nitro groups is 1. The molecule has 0 atom stereocenters. The van der Waals surface area contributed by atoms with Gasteiger partial charge in [-0.3, -0.25) is 14.9 Å². The van der Waals surface area contributed by atoms with E-state index in [4.69, 9.17) is 0 Å². The molecule has 0 aliphatic carbocycles. The second-order valence-electron chi connectivity index (χ2n) is 6.71. The van der Waals surface area contributed by atoms with Crippen molar-refractivity contribution in [3.63, 3.8) is 0 Å². The lowest BCUT2D eigenvalue weighted by Crippen LogP contribution is -2.37. The molecular weight excluding hydrogens is 306 g/mol. The number of piperidine rings is 1. The Bertz CT molecular complexity index is 604. The highest BCUT2D eigenvalue weighted by molar-refractivity contribution is 6.00. The summed E-state index contributed by atoms with van der Waals surface area (Å²) in [5.41, 5.74) is 1.35. The summed E-state index contributed by atoms with van der Waals surface area (Å²) in [6, 6.07) is 4.75. The number of rotatable bonds is 3. The molecule has 1 aromatic carbocycles. The van der Waals surface area contributed by atoms with Gasteiger partial charge >= 0.3 is 0 Å². The normalized spacial score (nSPS) is 19.0. The molecule has 0 saturated carbocycles. The van der Waals surface area contributed by atoms with E-state index in [-0.39, 0.29) is 11.6 Å². The quantitative estimate of drug-likeness (QED) is 0.627. The number of hydrogen-bond donors (Lipinski definition) is 0. The van der Waals surface area contributed by atoms with Crippen LogP contribution >= 0.6 is 0 Å². The monoisotopic (exact) mass is 331 g/mol. The van der Waals surface area contributed by atoms with Gasteiger partial charge in [-0.2, -0.15) is 0 Å². The Balaban J connectivity index is 1.94. The van der Waals surface area contributed by atoms with Gasteiger partial charge < -0.3 is 9.80 Å². The minimum atomic E-state index is -0.417. The summed E-state index contributed by atoms with van der Waals surface area (Å²) in [5, 5.41) is 11.2. The van der Waals surface area contributed by atoms with E-state index in [2.05, 4.69) is 4.90 Å². The van der Waals surface area contributed by atoms with Gasteiger partial charge in [0.1, 0.15) is 0 Å². The highest BCUT2D eigenvalue weighted by Crippen LogP contribution is 2.29. The van der Waals surface area contributed by atoms with Crippen LogP contribution < -0.4 is 4.90 Å². The van der Waals surface area contributed by atoms with E-state index >= 15 is 0 Å². The third-order valence-electron chi connectivity index (χ3n) is 5.01. The van der Waals surface area contributed by atoms with E-state index in [0.29, 0.717) is 5.56 Å². The van der Waals surface area contributed by atoms with Gasteiger partial charge in [-0.15, -0.1) is 0 Å². The first-order valence-electron chi connectivity index (χ1n) is 8.99. The number of likely N-dealkylation sites (tertiary alicyclic amines) is 1. The van der Waals surface area contributed by atoms with Crippen LogP contribution in [0, 0.1) is 10.1 Å². The zero-order valence-electron chi connectivity index (χ0n) is 14.1. The number of benzene rings is 1. The first kappa shape index (κ1) is 16.7. The van der Waals surface area contributed by atoms with Crippen LogP contribution in [-0.4, -0.2) is 41.9 Å². The van der Waals surface area contributed by atoms with Crippen LogP contribution in [0.15, 0.2) is 18.2 Å². The summed E-state index contributed by atoms with van der Waals surface area (Å²) < 4.78 is 0. The van der Waals surface area contributed by atoms with Crippen LogP contribution in [0.1, 0.15) is 55.3 Å². The largest absolute Gasteiger partial charge is 0.371 e. The highest BCUT2D eigenvalue weighted by atomic mass is 16.6. The summed E-state index contributed by atoms with van der Waals surface area (Å²) in [5.74, 6) is -0.0577. The Hall–Kier alpha value is -2.11. The van der Waals surface area contributed by atoms with E-state index in [0.717, 1.165) is 64.0 Å². The van der Waals surface area contributed by atoms with E-state index in [9.17, 15) is 14.9 Å². The summed E-state index contributed by atoms with van der Waals surface area (Å²) in [4.78, 5) is 27.8. The minimum Gasteiger partial charge on any atom is -0.371 e. The van der Waals surface area contributed by atoms with E-state index < -0.39 is 4.92 Å². The molecule has 2 aliphatic rings. The molecule has 2 saturated heterocycles. The lowest BCUT2D eigenvalue weighted by atomic mass is 10.1. The van der Waals surface area contributed by atoms with Crippen molar-refractivity contribution in [3.05, 3.63) is 33.9 Å². The number of hydrogen-bond acceptors (Lipinski definition) is 4. The fourth-order valence-electron chi connectivity index (χ4n) is 3.66. The molecule has 6 heteroatoms. The summed E-state index contributed by atoms with van der Waals surface area (Å²) in [6.45, 7) is 3.33. The Kier molecular flexibility index (Phi) is 5.33. The predicted molar refractivity (Wildman–Crippen MR) is 93.5 cm³/mol. The van der Waals surface area contributed by atoms with Crippen molar-refractivity contribution in [2.45, 2.75) is 44.9 Å². The van der Waals surface area contributed by atoms with Gasteiger partial charge in [0, 0.05) is 38.3 Å². The standard InChI is InChI=1S/C18H25N3O3/c22-18(20-12-6-3-7-13-20)16-14-15(21(23)24)8-9-17(16)19-10-4-1-2-5-11-19/h8-9,14H,1-7,10-13H2. The molecule has 24 heavy (non-hydrogen) atoms. The molecule has 0 bridgehead atoms. The Morgan fingerprint density at radius 3 is 2.12 bits per heavy atom. The minimum absolute atomic E-state index is 0.00562. The topological polar surface area (TPSA) is 66.7 Å². The molecular formula is C18H25N3O3. The SMILES string of the molecule is O=C(c1cc([N+](=O)[O-])ccc1N1CCCCCC1)N1CCCCC1. The molecule has 1 aromatic rings. The molecule has 3 rings (SSSR count). The Labute approximate surface area is 142 Å². The molecule has 0 radical (unpaired) electrons. The van der Waals surface area contributed by atoms with Crippen molar-refractivity contribution >= 4 is 17.3 Å². The molecule has 2 aliphatic heterocycles. The van der Waals surface area contributed by atoms with Crippen LogP contribution in [0.3, 0.4) is 0 Å². The van der Waals surface area contributed by atoms with E-state index in [1.807, 2.05) is 4.90 Å². The molecule has 1 amide bonds. The van der Waals surface area contributed by atoms with Gasteiger partial charge in [-0.1, -0.05) is 12.8 Å². The number of anilines is 1. The van der Waals surface area contributed by atoms with Crippen molar-refractivity contribution in [3.8, 4) is 0 Å². The van der Waals surface area contributed by atoms with E-state index in [1.54, 1.807) is 6.07 Å². The molecule has 0 unspecified atom stereocenters. The molecule has 130 valence electrons. The lowest BCUT2D eigenvalue weighted by Gasteiger charge is -2.30. The van der Waals surface area contributed by atoms with Crippen molar-refractivity contribution in [1.29, 1.82) is 0 Å². The molecule has 6 nitrogen and oxygen atoms in total. The van der Waals surface area contributed by atoms with Crippen molar-refractivity contribution in [2.75, 3.05) is 31.1 Å². The number of non-ortho nitro benzene ring substituents is 1. The maximum Gasteiger partial charge on any atom is 0.270 e. The molecule has 0 aromatic heterocycles. The van der Waals surface area contributed by atoms with Gasteiger partial charge in [0.25, 0.3) is 11.6 Å². The fourth-order valence-corrected chi connectivity index (χ4v) is 3.66. The van der Waals surface area contributed by atoms with Crippen LogP contribution in [0.2, 0.25) is 0 Å². The van der Waals surface area contributed by atoms with Crippen LogP contribution in [0.5, 0.6) is 0 Å². The van der Waals surface area contributed by atoms with Crippen molar-refractivity contribution < 1.29 is 9.72 Å². The summed E-state index contributed by atoms with van der Waals surface area (Å²) >= 11 is 0. The highest BCUT2D eigenvalue weighted by Gasteiger charge is 2.25.